The first-order valence-electron chi connectivity index (χ1n) is 6.49. The molecule has 1 aliphatic rings. The Bertz CT molecular complexity index is 535. The Balaban J connectivity index is 2.02. The van der Waals surface area contributed by atoms with Gasteiger partial charge in [-0.05, 0) is 18.9 Å². The predicted octanol–water partition coefficient (Wildman–Crippen LogP) is 1.68. The third kappa shape index (κ3) is 3.78. The third-order valence-corrected chi connectivity index (χ3v) is 3.17. The molecule has 1 amide bonds. The number of nitrogens with zero attached hydrogens (tertiary/aromatic N) is 1. The highest BCUT2D eigenvalue weighted by molar-refractivity contribution is 5.79. The van der Waals surface area contributed by atoms with Crippen LogP contribution in [0.15, 0.2) is 18.2 Å². The van der Waals surface area contributed by atoms with Gasteiger partial charge in [0, 0.05) is 24.2 Å². The van der Waals surface area contributed by atoms with E-state index >= 15 is 0 Å². The average molecular weight is 278 g/mol. The molecule has 1 fully saturated rings. The lowest BCUT2D eigenvalue weighted by Gasteiger charge is -2.23. The number of benzene rings is 1. The summed E-state index contributed by atoms with van der Waals surface area (Å²) < 4.78 is 26.5. The fourth-order valence-electron chi connectivity index (χ4n) is 1.98. The van der Waals surface area contributed by atoms with Crippen molar-refractivity contribution in [2.45, 2.75) is 25.4 Å². The Kier molecular flexibility index (Phi) is 4.70. The van der Waals surface area contributed by atoms with Crippen LogP contribution in [0.3, 0.4) is 0 Å². The molecule has 0 atom stereocenters. The number of amides is 1. The number of carbonyl (C=O) groups is 1. The van der Waals surface area contributed by atoms with Crippen LogP contribution in [0.25, 0.3) is 0 Å². The number of terminal acetylenes is 1. The molecular weight excluding hydrogens is 262 g/mol. The molecular formula is C15H16F2N2O. The van der Waals surface area contributed by atoms with E-state index in [1.54, 1.807) is 4.90 Å². The van der Waals surface area contributed by atoms with Crippen LogP contribution in [-0.2, 0) is 11.3 Å². The summed E-state index contributed by atoms with van der Waals surface area (Å²) in [6, 6.07) is 3.56. The van der Waals surface area contributed by atoms with Crippen molar-refractivity contribution in [2.24, 2.45) is 0 Å². The molecule has 2 rings (SSSR count). The van der Waals surface area contributed by atoms with Gasteiger partial charge in [-0.25, -0.2) is 8.78 Å². The van der Waals surface area contributed by atoms with Gasteiger partial charge in [0.2, 0.25) is 5.91 Å². The van der Waals surface area contributed by atoms with Crippen molar-refractivity contribution in [3.05, 3.63) is 35.4 Å². The maximum absolute atomic E-state index is 13.6. The molecule has 5 heteroatoms. The molecule has 0 aromatic heterocycles. The van der Waals surface area contributed by atoms with E-state index in [-0.39, 0.29) is 25.0 Å². The van der Waals surface area contributed by atoms with Gasteiger partial charge in [-0.3, -0.25) is 10.1 Å². The lowest BCUT2D eigenvalue weighted by atomic mass is 10.2. The first-order valence-corrected chi connectivity index (χ1v) is 6.49. The van der Waals surface area contributed by atoms with Gasteiger partial charge in [-0.1, -0.05) is 12.0 Å². The Labute approximate surface area is 117 Å². The van der Waals surface area contributed by atoms with E-state index in [1.165, 1.54) is 12.1 Å². The van der Waals surface area contributed by atoms with Crippen molar-refractivity contribution in [3.8, 4) is 12.3 Å². The zero-order chi connectivity index (χ0) is 14.5. The van der Waals surface area contributed by atoms with E-state index in [9.17, 15) is 13.6 Å². The van der Waals surface area contributed by atoms with Crippen molar-refractivity contribution in [1.82, 2.24) is 10.2 Å². The van der Waals surface area contributed by atoms with Crippen LogP contribution in [0.5, 0.6) is 0 Å². The normalized spacial score (nSPS) is 13.8. The van der Waals surface area contributed by atoms with Crippen LogP contribution in [0.2, 0.25) is 0 Å². The SMILES string of the molecule is C#CCNCC(=O)N(Cc1ccc(F)cc1F)C1CC1. The Morgan fingerprint density at radius 2 is 2.20 bits per heavy atom. The van der Waals surface area contributed by atoms with Gasteiger partial charge in [0.05, 0.1) is 13.1 Å². The van der Waals surface area contributed by atoms with E-state index in [0.717, 1.165) is 18.9 Å². The topological polar surface area (TPSA) is 32.3 Å². The molecule has 1 aromatic carbocycles. The molecule has 106 valence electrons. The number of hydrogen-bond acceptors (Lipinski definition) is 2. The van der Waals surface area contributed by atoms with Crippen LogP contribution in [0.1, 0.15) is 18.4 Å². The highest BCUT2D eigenvalue weighted by Gasteiger charge is 2.32. The molecule has 20 heavy (non-hydrogen) atoms. The van der Waals surface area contributed by atoms with Gasteiger partial charge in [0.15, 0.2) is 0 Å². The second kappa shape index (κ2) is 6.49. The standard InChI is InChI=1S/C15H16F2N2O/c1-2-7-18-9-15(20)19(13-5-6-13)10-11-3-4-12(16)8-14(11)17/h1,3-4,8,13,18H,5-7,9-10H2. The minimum Gasteiger partial charge on any atom is -0.334 e. The zero-order valence-electron chi connectivity index (χ0n) is 11.0. The molecule has 0 aliphatic heterocycles. The van der Waals surface area contributed by atoms with E-state index in [2.05, 4.69) is 11.2 Å². The molecule has 1 N–H and O–H groups in total. The molecule has 1 aliphatic carbocycles. The molecule has 0 radical (unpaired) electrons. The van der Waals surface area contributed by atoms with Gasteiger partial charge in [-0.15, -0.1) is 6.42 Å². The monoisotopic (exact) mass is 278 g/mol. The molecule has 0 bridgehead atoms. The van der Waals surface area contributed by atoms with Crippen LogP contribution < -0.4 is 5.32 Å². The summed E-state index contributed by atoms with van der Waals surface area (Å²) in [4.78, 5) is 13.7. The fraction of sp³-hybridized carbons (Fsp3) is 0.400. The highest BCUT2D eigenvalue weighted by atomic mass is 19.1. The van der Waals surface area contributed by atoms with Crippen LogP contribution in [0, 0.1) is 24.0 Å². The molecule has 1 saturated carbocycles. The van der Waals surface area contributed by atoms with Crippen molar-refractivity contribution in [2.75, 3.05) is 13.1 Å². The summed E-state index contributed by atoms with van der Waals surface area (Å²) in [7, 11) is 0. The quantitative estimate of drug-likeness (QED) is 0.634. The summed E-state index contributed by atoms with van der Waals surface area (Å²) in [5, 5.41) is 2.83. The molecule has 0 heterocycles. The fourth-order valence-corrected chi connectivity index (χ4v) is 1.98. The Morgan fingerprint density at radius 3 is 2.80 bits per heavy atom. The van der Waals surface area contributed by atoms with Crippen molar-refractivity contribution < 1.29 is 13.6 Å². The second-order valence-electron chi connectivity index (χ2n) is 4.80. The highest BCUT2D eigenvalue weighted by Crippen LogP contribution is 2.28. The summed E-state index contributed by atoms with van der Waals surface area (Å²) in [6.07, 6.45) is 6.94. The molecule has 3 nitrogen and oxygen atoms in total. The number of hydrogen-bond donors (Lipinski definition) is 1. The van der Waals surface area contributed by atoms with Crippen LogP contribution >= 0.6 is 0 Å². The average Bonchev–Trinajstić information content (AvgIpc) is 3.22. The zero-order valence-corrected chi connectivity index (χ0v) is 11.0. The van der Waals surface area contributed by atoms with E-state index in [1.807, 2.05) is 0 Å². The van der Waals surface area contributed by atoms with Gasteiger partial charge in [0.25, 0.3) is 0 Å². The summed E-state index contributed by atoms with van der Waals surface area (Å²) in [6.45, 7) is 0.603. The van der Waals surface area contributed by atoms with Gasteiger partial charge >= 0.3 is 0 Å². The predicted molar refractivity (Wildman–Crippen MR) is 71.6 cm³/mol. The van der Waals surface area contributed by atoms with Crippen molar-refractivity contribution in [1.29, 1.82) is 0 Å². The van der Waals surface area contributed by atoms with Crippen LogP contribution in [-0.4, -0.2) is 29.9 Å². The molecule has 0 spiro atoms. The number of nitrogens with one attached hydrogen (secondary N) is 1. The summed E-state index contributed by atoms with van der Waals surface area (Å²) in [5.41, 5.74) is 0.323. The third-order valence-electron chi connectivity index (χ3n) is 3.17. The van der Waals surface area contributed by atoms with E-state index < -0.39 is 11.6 Å². The summed E-state index contributed by atoms with van der Waals surface area (Å²) >= 11 is 0. The Morgan fingerprint density at radius 1 is 1.45 bits per heavy atom. The molecule has 0 saturated heterocycles. The number of rotatable bonds is 6. The van der Waals surface area contributed by atoms with Crippen molar-refractivity contribution in [3.63, 3.8) is 0 Å². The maximum Gasteiger partial charge on any atom is 0.237 e. The van der Waals surface area contributed by atoms with Crippen molar-refractivity contribution >= 4 is 5.91 Å². The maximum atomic E-state index is 13.6. The van der Waals surface area contributed by atoms with E-state index in [0.29, 0.717) is 12.1 Å². The van der Waals surface area contributed by atoms with E-state index in [4.69, 9.17) is 6.42 Å². The number of halogens is 2. The van der Waals surface area contributed by atoms with Gasteiger partial charge in [0.1, 0.15) is 11.6 Å². The van der Waals surface area contributed by atoms with Gasteiger partial charge < -0.3 is 4.90 Å². The second-order valence-corrected chi connectivity index (χ2v) is 4.80. The largest absolute Gasteiger partial charge is 0.334 e. The minimum absolute atomic E-state index is 0.119. The number of carbonyl (C=O) groups excluding carboxylic acids is 1. The lowest BCUT2D eigenvalue weighted by molar-refractivity contribution is -0.131. The van der Waals surface area contributed by atoms with Gasteiger partial charge in [-0.2, -0.15) is 0 Å². The molecule has 1 aromatic rings. The minimum atomic E-state index is -0.625. The first kappa shape index (κ1) is 14.5. The first-order chi connectivity index (χ1) is 9.61. The smallest absolute Gasteiger partial charge is 0.237 e. The molecule has 0 unspecified atom stereocenters. The Hall–Kier alpha value is -1.93. The van der Waals surface area contributed by atoms with Crippen LogP contribution in [0.4, 0.5) is 8.78 Å². The lowest BCUT2D eigenvalue weighted by Crippen LogP contribution is -2.39. The summed E-state index contributed by atoms with van der Waals surface area (Å²) in [5.74, 6) is 1.03.